The first-order valence-electron chi connectivity index (χ1n) is 6.74. The quantitative estimate of drug-likeness (QED) is 0.854. The van der Waals surface area contributed by atoms with Gasteiger partial charge < -0.3 is 4.57 Å². The van der Waals surface area contributed by atoms with Crippen LogP contribution >= 0.6 is 0 Å². The number of ketones is 1. The van der Waals surface area contributed by atoms with Crippen molar-refractivity contribution >= 4 is 16.8 Å². The predicted molar refractivity (Wildman–Crippen MR) is 71.7 cm³/mol. The molecule has 1 aliphatic rings. The maximum absolute atomic E-state index is 13.9. The summed E-state index contributed by atoms with van der Waals surface area (Å²) < 4.78 is 29.5. The molecule has 0 radical (unpaired) electrons. The van der Waals surface area contributed by atoms with Gasteiger partial charge in [0, 0.05) is 31.7 Å². The van der Waals surface area contributed by atoms with Gasteiger partial charge in [-0.15, -0.1) is 0 Å². The van der Waals surface area contributed by atoms with Crippen molar-refractivity contribution < 1.29 is 13.6 Å². The summed E-state index contributed by atoms with van der Waals surface area (Å²) in [6.45, 7) is 0.0319. The van der Waals surface area contributed by atoms with Gasteiger partial charge in [-0.3, -0.25) is 4.79 Å². The molecule has 0 amide bonds. The van der Waals surface area contributed by atoms with E-state index in [0.29, 0.717) is 16.6 Å². The summed E-state index contributed by atoms with van der Waals surface area (Å²) in [6.07, 6.45) is 0.949. The van der Waals surface area contributed by atoms with E-state index >= 15 is 0 Å². The minimum Gasteiger partial charge on any atom is -0.330 e. The second-order valence-electron chi connectivity index (χ2n) is 5.41. The number of nitriles is 1. The van der Waals surface area contributed by atoms with Crippen molar-refractivity contribution in [2.24, 2.45) is 5.92 Å². The van der Waals surface area contributed by atoms with E-state index in [1.165, 1.54) is 6.33 Å². The molecule has 2 aromatic rings. The third kappa shape index (κ3) is 2.51. The summed E-state index contributed by atoms with van der Waals surface area (Å²) in [5.41, 5.74) is 1.75. The Hall–Kier alpha value is -2.29. The van der Waals surface area contributed by atoms with Crippen molar-refractivity contribution in [2.75, 3.05) is 0 Å². The number of halogens is 2. The molecule has 6 heteroatoms. The molecule has 21 heavy (non-hydrogen) atoms. The molecule has 1 fully saturated rings. The van der Waals surface area contributed by atoms with Crippen LogP contribution in [0.25, 0.3) is 11.0 Å². The van der Waals surface area contributed by atoms with Crippen LogP contribution in [-0.4, -0.2) is 21.3 Å². The van der Waals surface area contributed by atoms with Crippen LogP contribution in [0.3, 0.4) is 0 Å². The molecule has 0 saturated heterocycles. The monoisotopic (exact) mass is 289 g/mol. The normalized spacial score (nSPS) is 21.4. The van der Waals surface area contributed by atoms with E-state index in [1.807, 2.05) is 6.07 Å². The fourth-order valence-corrected chi connectivity index (χ4v) is 2.74. The molecule has 0 N–H and O–H groups in total. The molecule has 4 nitrogen and oxygen atoms in total. The summed E-state index contributed by atoms with van der Waals surface area (Å²) >= 11 is 0. The molecular weight excluding hydrogens is 276 g/mol. The number of hydrogen-bond donors (Lipinski definition) is 0. The van der Waals surface area contributed by atoms with Crippen molar-refractivity contribution in [2.45, 2.75) is 31.7 Å². The third-order valence-corrected chi connectivity index (χ3v) is 3.98. The number of Topliss-reactive ketones (excluding diaryl/α,β-unsaturated/α-hetero) is 1. The highest BCUT2D eigenvalue weighted by molar-refractivity contribution is 5.80. The van der Waals surface area contributed by atoms with Crippen molar-refractivity contribution in [1.82, 2.24) is 9.55 Å². The fourth-order valence-electron chi connectivity index (χ4n) is 2.74. The fraction of sp³-hybridized carbons (Fsp3) is 0.400. The minimum absolute atomic E-state index is 0.0319. The van der Waals surface area contributed by atoms with Crippen LogP contribution < -0.4 is 0 Å². The molecule has 1 unspecified atom stereocenters. The number of carbonyl (C=O) groups excluding carboxylic acids is 1. The summed E-state index contributed by atoms with van der Waals surface area (Å²) in [5, 5.41) is 8.92. The van der Waals surface area contributed by atoms with E-state index < -0.39 is 11.8 Å². The number of alkyl halides is 2. The highest BCUT2D eigenvalue weighted by Gasteiger charge is 2.44. The zero-order valence-electron chi connectivity index (χ0n) is 11.2. The second kappa shape index (κ2) is 4.92. The number of aromatic nitrogens is 2. The zero-order chi connectivity index (χ0) is 15.0. The molecule has 0 bridgehead atoms. The topological polar surface area (TPSA) is 58.7 Å². The highest BCUT2D eigenvalue weighted by atomic mass is 19.3. The zero-order valence-corrected chi connectivity index (χ0v) is 11.2. The van der Waals surface area contributed by atoms with Gasteiger partial charge in [0.05, 0.1) is 29.0 Å². The van der Waals surface area contributed by atoms with Crippen LogP contribution in [0.15, 0.2) is 24.5 Å². The molecule has 3 rings (SSSR count). The molecule has 1 aromatic heterocycles. The smallest absolute Gasteiger partial charge is 0.253 e. The van der Waals surface area contributed by atoms with Crippen LogP contribution in [0, 0.1) is 17.2 Å². The Kier molecular flexibility index (Phi) is 3.20. The van der Waals surface area contributed by atoms with Crippen molar-refractivity contribution in [1.29, 1.82) is 5.26 Å². The molecule has 108 valence electrons. The number of fused-ring (bicyclic) bond motifs is 1. The molecular formula is C15H13F2N3O. The number of hydrogen-bond acceptors (Lipinski definition) is 3. The lowest BCUT2D eigenvalue weighted by Crippen LogP contribution is -2.38. The summed E-state index contributed by atoms with van der Waals surface area (Å²) in [7, 11) is 0. The Bertz CT molecular complexity index is 745. The predicted octanol–water partition coefficient (Wildman–Crippen LogP) is 2.91. The average molecular weight is 289 g/mol. The average Bonchev–Trinajstić information content (AvgIpc) is 2.85. The number of nitrogens with zero attached hydrogens (tertiary/aromatic N) is 3. The Morgan fingerprint density at radius 3 is 3.05 bits per heavy atom. The Morgan fingerprint density at radius 2 is 2.29 bits per heavy atom. The van der Waals surface area contributed by atoms with Crippen LogP contribution in [0.4, 0.5) is 8.78 Å². The lowest BCUT2D eigenvalue weighted by atomic mass is 9.84. The van der Waals surface area contributed by atoms with Gasteiger partial charge in [0.2, 0.25) is 0 Å². The van der Waals surface area contributed by atoms with Gasteiger partial charge in [-0.2, -0.15) is 5.26 Å². The van der Waals surface area contributed by atoms with Gasteiger partial charge in [-0.25, -0.2) is 13.8 Å². The lowest BCUT2D eigenvalue weighted by Gasteiger charge is -2.30. The number of imidazole rings is 1. The van der Waals surface area contributed by atoms with Gasteiger partial charge in [-0.05, 0) is 18.2 Å². The SMILES string of the molecule is N#Cc1ccc2ncn(CC3CC(=O)CCC3(F)F)c2c1. The van der Waals surface area contributed by atoms with Gasteiger partial charge in [-0.1, -0.05) is 0 Å². The molecule has 0 aliphatic heterocycles. The van der Waals surface area contributed by atoms with Gasteiger partial charge in [0.15, 0.2) is 0 Å². The molecule has 1 aromatic carbocycles. The van der Waals surface area contributed by atoms with Crippen molar-refractivity contribution in [3.8, 4) is 6.07 Å². The van der Waals surface area contributed by atoms with E-state index in [-0.39, 0.29) is 31.6 Å². The Balaban J connectivity index is 1.94. The first-order chi connectivity index (χ1) is 9.99. The van der Waals surface area contributed by atoms with E-state index in [4.69, 9.17) is 5.26 Å². The standard InChI is InChI=1S/C15H13F2N3O/c16-15(17)4-3-12(21)6-11(15)8-20-9-19-13-2-1-10(7-18)5-14(13)20/h1-2,5,9,11H,3-4,6,8H2. The third-order valence-electron chi connectivity index (χ3n) is 3.98. The molecule has 1 saturated carbocycles. The largest absolute Gasteiger partial charge is 0.330 e. The van der Waals surface area contributed by atoms with Gasteiger partial charge in [0.1, 0.15) is 5.78 Å². The van der Waals surface area contributed by atoms with Crippen molar-refractivity contribution in [3.05, 3.63) is 30.1 Å². The summed E-state index contributed by atoms with van der Waals surface area (Å²) in [4.78, 5) is 15.6. The van der Waals surface area contributed by atoms with Gasteiger partial charge in [0.25, 0.3) is 5.92 Å². The van der Waals surface area contributed by atoms with E-state index in [0.717, 1.165) is 0 Å². The number of benzene rings is 1. The van der Waals surface area contributed by atoms with Crippen LogP contribution in [0.5, 0.6) is 0 Å². The second-order valence-corrected chi connectivity index (χ2v) is 5.41. The maximum atomic E-state index is 13.9. The first-order valence-corrected chi connectivity index (χ1v) is 6.74. The molecule has 1 aliphatic carbocycles. The Morgan fingerprint density at radius 1 is 1.48 bits per heavy atom. The number of rotatable bonds is 2. The van der Waals surface area contributed by atoms with E-state index in [2.05, 4.69) is 4.98 Å². The van der Waals surface area contributed by atoms with E-state index in [1.54, 1.807) is 22.8 Å². The van der Waals surface area contributed by atoms with Crippen LogP contribution in [-0.2, 0) is 11.3 Å². The Labute approximate surface area is 120 Å². The molecule has 0 spiro atoms. The molecule has 1 heterocycles. The van der Waals surface area contributed by atoms with E-state index in [9.17, 15) is 13.6 Å². The maximum Gasteiger partial charge on any atom is 0.253 e. The van der Waals surface area contributed by atoms with Crippen LogP contribution in [0.1, 0.15) is 24.8 Å². The first kappa shape index (κ1) is 13.7. The highest BCUT2D eigenvalue weighted by Crippen LogP contribution is 2.38. The summed E-state index contributed by atoms with van der Waals surface area (Å²) in [5.74, 6) is -3.97. The molecule has 1 atom stereocenters. The van der Waals surface area contributed by atoms with Crippen LogP contribution in [0.2, 0.25) is 0 Å². The van der Waals surface area contributed by atoms with Crippen molar-refractivity contribution in [3.63, 3.8) is 0 Å². The van der Waals surface area contributed by atoms with Gasteiger partial charge >= 0.3 is 0 Å². The summed E-state index contributed by atoms with van der Waals surface area (Å²) in [6, 6.07) is 6.98. The lowest BCUT2D eigenvalue weighted by molar-refractivity contribution is -0.138. The minimum atomic E-state index is -2.84. The number of carbonyl (C=O) groups is 1.